The molecule has 1 aromatic carbocycles. The first-order valence-electron chi connectivity index (χ1n) is 7.12. The summed E-state index contributed by atoms with van der Waals surface area (Å²) in [5.74, 6) is 0.0914. The molecule has 0 spiro atoms. The number of carbonyl (C=O) groups is 1. The third-order valence-electron chi connectivity index (χ3n) is 4.07. The molecule has 0 saturated heterocycles. The van der Waals surface area contributed by atoms with Gasteiger partial charge in [-0.05, 0) is 29.4 Å². The molecule has 1 amide bonds. The molecule has 0 radical (unpaired) electrons. The SMILES string of the molecule is CCC(C)(C)CNC(=O)C1NCCc2ccccc21. The quantitative estimate of drug-likeness (QED) is 0.873. The van der Waals surface area contributed by atoms with E-state index in [2.05, 4.69) is 43.5 Å². The Morgan fingerprint density at radius 2 is 2.16 bits per heavy atom. The van der Waals surface area contributed by atoms with Crippen molar-refractivity contribution in [2.45, 2.75) is 39.7 Å². The van der Waals surface area contributed by atoms with E-state index in [0.717, 1.165) is 31.5 Å². The zero-order valence-electron chi connectivity index (χ0n) is 12.1. The van der Waals surface area contributed by atoms with Gasteiger partial charge in [0, 0.05) is 13.1 Å². The number of hydrogen-bond donors (Lipinski definition) is 2. The van der Waals surface area contributed by atoms with Crippen molar-refractivity contribution < 1.29 is 4.79 Å². The van der Waals surface area contributed by atoms with Gasteiger partial charge in [0.25, 0.3) is 0 Å². The molecule has 0 aromatic heterocycles. The molecule has 0 aliphatic carbocycles. The Labute approximate surface area is 115 Å². The number of benzene rings is 1. The van der Waals surface area contributed by atoms with Crippen LogP contribution in [-0.2, 0) is 11.2 Å². The van der Waals surface area contributed by atoms with Crippen molar-refractivity contribution in [2.24, 2.45) is 5.41 Å². The molecule has 2 N–H and O–H groups in total. The Balaban J connectivity index is 2.05. The van der Waals surface area contributed by atoms with Gasteiger partial charge in [0.15, 0.2) is 0 Å². The average Bonchev–Trinajstić information content (AvgIpc) is 2.44. The molecule has 0 bridgehead atoms. The maximum atomic E-state index is 12.3. The molecule has 3 nitrogen and oxygen atoms in total. The Bertz CT molecular complexity index is 454. The normalized spacial score (nSPS) is 18.8. The average molecular weight is 260 g/mol. The molecule has 0 fully saturated rings. The Hall–Kier alpha value is -1.35. The van der Waals surface area contributed by atoms with Crippen molar-refractivity contribution in [3.63, 3.8) is 0 Å². The van der Waals surface area contributed by atoms with Gasteiger partial charge in [0.2, 0.25) is 5.91 Å². The van der Waals surface area contributed by atoms with Crippen LogP contribution in [0.4, 0.5) is 0 Å². The van der Waals surface area contributed by atoms with E-state index in [0.29, 0.717) is 0 Å². The van der Waals surface area contributed by atoms with Crippen LogP contribution in [0, 0.1) is 5.41 Å². The van der Waals surface area contributed by atoms with Gasteiger partial charge < -0.3 is 10.6 Å². The second kappa shape index (κ2) is 5.74. The number of fused-ring (bicyclic) bond motifs is 1. The van der Waals surface area contributed by atoms with Gasteiger partial charge in [-0.15, -0.1) is 0 Å². The minimum atomic E-state index is -0.197. The van der Waals surface area contributed by atoms with E-state index in [4.69, 9.17) is 0 Å². The summed E-state index contributed by atoms with van der Waals surface area (Å²) >= 11 is 0. The van der Waals surface area contributed by atoms with Crippen LogP contribution in [0.5, 0.6) is 0 Å². The van der Waals surface area contributed by atoms with Gasteiger partial charge >= 0.3 is 0 Å². The fraction of sp³-hybridized carbons (Fsp3) is 0.562. The fourth-order valence-corrected chi connectivity index (χ4v) is 2.29. The molecule has 19 heavy (non-hydrogen) atoms. The van der Waals surface area contributed by atoms with Gasteiger partial charge in [-0.2, -0.15) is 0 Å². The number of amides is 1. The van der Waals surface area contributed by atoms with Crippen LogP contribution < -0.4 is 10.6 Å². The third-order valence-corrected chi connectivity index (χ3v) is 4.07. The van der Waals surface area contributed by atoms with E-state index in [1.54, 1.807) is 0 Å². The second-order valence-electron chi connectivity index (χ2n) is 6.07. The predicted molar refractivity (Wildman–Crippen MR) is 78.0 cm³/mol. The van der Waals surface area contributed by atoms with Gasteiger partial charge in [-0.25, -0.2) is 0 Å². The highest BCUT2D eigenvalue weighted by molar-refractivity contribution is 5.84. The lowest BCUT2D eigenvalue weighted by molar-refractivity contribution is -0.123. The highest BCUT2D eigenvalue weighted by Gasteiger charge is 2.26. The summed E-state index contributed by atoms with van der Waals surface area (Å²) in [5.41, 5.74) is 2.57. The predicted octanol–water partition coefficient (Wildman–Crippen LogP) is 2.43. The summed E-state index contributed by atoms with van der Waals surface area (Å²) in [4.78, 5) is 12.3. The summed E-state index contributed by atoms with van der Waals surface area (Å²) in [7, 11) is 0. The zero-order valence-corrected chi connectivity index (χ0v) is 12.1. The number of nitrogens with one attached hydrogen (secondary N) is 2. The Kier molecular flexibility index (Phi) is 4.25. The van der Waals surface area contributed by atoms with Crippen molar-refractivity contribution in [3.05, 3.63) is 35.4 Å². The molecule has 1 aliphatic heterocycles. The van der Waals surface area contributed by atoms with Crippen LogP contribution in [-0.4, -0.2) is 19.0 Å². The summed E-state index contributed by atoms with van der Waals surface area (Å²) in [5, 5.41) is 6.40. The van der Waals surface area contributed by atoms with Crippen molar-refractivity contribution in [2.75, 3.05) is 13.1 Å². The summed E-state index contributed by atoms with van der Waals surface area (Å²) in [6, 6.07) is 8.02. The van der Waals surface area contributed by atoms with Crippen LogP contribution in [0.25, 0.3) is 0 Å². The molecule has 1 aliphatic rings. The molecule has 2 rings (SSSR count). The lowest BCUT2D eigenvalue weighted by Crippen LogP contribution is -2.44. The van der Waals surface area contributed by atoms with Crippen LogP contribution in [0.2, 0.25) is 0 Å². The molecule has 1 atom stereocenters. The smallest absolute Gasteiger partial charge is 0.241 e. The highest BCUT2D eigenvalue weighted by atomic mass is 16.2. The van der Waals surface area contributed by atoms with Crippen molar-refractivity contribution >= 4 is 5.91 Å². The molecule has 1 heterocycles. The van der Waals surface area contributed by atoms with Gasteiger partial charge in [-0.3, -0.25) is 4.79 Å². The maximum absolute atomic E-state index is 12.3. The van der Waals surface area contributed by atoms with Crippen molar-refractivity contribution in [1.82, 2.24) is 10.6 Å². The van der Waals surface area contributed by atoms with Crippen LogP contribution in [0.1, 0.15) is 44.4 Å². The maximum Gasteiger partial charge on any atom is 0.241 e. The molecule has 3 heteroatoms. The molecule has 104 valence electrons. The van der Waals surface area contributed by atoms with Crippen LogP contribution >= 0.6 is 0 Å². The van der Waals surface area contributed by atoms with E-state index < -0.39 is 0 Å². The number of rotatable bonds is 4. The van der Waals surface area contributed by atoms with E-state index in [1.807, 2.05) is 12.1 Å². The zero-order chi connectivity index (χ0) is 13.9. The topological polar surface area (TPSA) is 41.1 Å². The van der Waals surface area contributed by atoms with Crippen molar-refractivity contribution in [3.8, 4) is 0 Å². The van der Waals surface area contributed by atoms with Gasteiger partial charge in [0.1, 0.15) is 6.04 Å². The lowest BCUT2D eigenvalue weighted by atomic mass is 9.89. The molecule has 0 saturated carbocycles. The van der Waals surface area contributed by atoms with Crippen LogP contribution in [0.15, 0.2) is 24.3 Å². The minimum Gasteiger partial charge on any atom is -0.354 e. The molecular formula is C16H24N2O. The molecule has 1 aromatic rings. The summed E-state index contributed by atoms with van der Waals surface area (Å²) in [6.07, 6.45) is 2.06. The minimum absolute atomic E-state index is 0.0914. The standard InChI is InChI=1S/C16H24N2O/c1-4-16(2,3)11-18-15(19)14-13-8-6-5-7-12(13)9-10-17-14/h5-8,14,17H,4,9-11H2,1-3H3,(H,18,19). The first-order valence-corrected chi connectivity index (χ1v) is 7.12. The van der Waals surface area contributed by atoms with Gasteiger partial charge in [-0.1, -0.05) is 45.0 Å². The fourth-order valence-electron chi connectivity index (χ4n) is 2.29. The molecular weight excluding hydrogens is 236 g/mol. The first kappa shape index (κ1) is 14.1. The highest BCUT2D eigenvalue weighted by Crippen LogP contribution is 2.23. The van der Waals surface area contributed by atoms with Gasteiger partial charge in [0.05, 0.1) is 0 Å². The van der Waals surface area contributed by atoms with E-state index >= 15 is 0 Å². The van der Waals surface area contributed by atoms with E-state index in [9.17, 15) is 4.79 Å². The van der Waals surface area contributed by atoms with Crippen LogP contribution in [0.3, 0.4) is 0 Å². The molecule has 1 unspecified atom stereocenters. The third kappa shape index (κ3) is 3.35. The number of carbonyl (C=O) groups excluding carboxylic acids is 1. The Morgan fingerprint density at radius 1 is 1.42 bits per heavy atom. The second-order valence-corrected chi connectivity index (χ2v) is 6.07. The number of hydrogen-bond acceptors (Lipinski definition) is 2. The Morgan fingerprint density at radius 3 is 2.89 bits per heavy atom. The van der Waals surface area contributed by atoms with E-state index in [-0.39, 0.29) is 17.4 Å². The largest absolute Gasteiger partial charge is 0.354 e. The lowest BCUT2D eigenvalue weighted by Gasteiger charge is -2.28. The van der Waals surface area contributed by atoms with E-state index in [1.165, 1.54) is 5.56 Å². The van der Waals surface area contributed by atoms with Crippen molar-refractivity contribution in [1.29, 1.82) is 0 Å². The summed E-state index contributed by atoms with van der Waals surface area (Å²) in [6.45, 7) is 8.10. The monoisotopic (exact) mass is 260 g/mol. The summed E-state index contributed by atoms with van der Waals surface area (Å²) < 4.78 is 0. The first-order chi connectivity index (χ1) is 9.03.